The molecule has 1 aliphatic carbocycles. The molecule has 3 aromatic rings. The SMILES string of the molecule is O=C(Nc1nc2n(n1)C(c1cncnc1)CCC2)C1(c2ccccc2)CC1. The Bertz CT molecular complexity index is 965. The van der Waals surface area contributed by atoms with Gasteiger partial charge in [-0.3, -0.25) is 10.1 Å². The maximum atomic E-state index is 12.9. The molecule has 0 radical (unpaired) electrons. The van der Waals surface area contributed by atoms with Crippen LogP contribution in [0.25, 0.3) is 0 Å². The summed E-state index contributed by atoms with van der Waals surface area (Å²) in [6.45, 7) is 0. The highest BCUT2D eigenvalue weighted by Gasteiger charge is 2.51. The highest BCUT2D eigenvalue weighted by molar-refractivity contribution is 6.00. The van der Waals surface area contributed by atoms with E-state index in [-0.39, 0.29) is 11.9 Å². The third-order valence-corrected chi connectivity index (χ3v) is 5.58. The smallest absolute Gasteiger partial charge is 0.249 e. The Morgan fingerprint density at radius 3 is 2.67 bits per heavy atom. The molecular formula is C20H20N6O. The molecule has 1 atom stereocenters. The Hall–Kier alpha value is -3.09. The van der Waals surface area contributed by atoms with Gasteiger partial charge in [0.25, 0.3) is 0 Å². The summed E-state index contributed by atoms with van der Waals surface area (Å²) in [5.74, 6) is 1.27. The van der Waals surface area contributed by atoms with Crippen molar-refractivity contribution in [2.45, 2.75) is 43.6 Å². The van der Waals surface area contributed by atoms with Crippen LogP contribution in [0.15, 0.2) is 49.1 Å². The quantitative estimate of drug-likeness (QED) is 0.773. The zero-order valence-electron chi connectivity index (χ0n) is 14.9. The molecule has 7 heteroatoms. The van der Waals surface area contributed by atoms with E-state index in [0.29, 0.717) is 5.95 Å². The molecule has 1 N–H and O–H groups in total. The monoisotopic (exact) mass is 360 g/mol. The van der Waals surface area contributed by atoms with Gasteiger partial charge in [0.2, 0.25) is 11.9 Å². The second-order valence-corrected chi connectivity index (χ2v) is 7.28. The largest absolute Gasteiger partial charge is 0.292 e. The number of aryl methyl sites for hydroxylation is 1. The first-order valence-corrected chi connectivity index (χ1v) is 9.34. The van der Waals surface area contributed by atoms with E-state index in [9.17, 15) is 4.79 Å². The van der Waals surface area contributed by atoms with Crippen LogP contribution in [0.4, 0.5) is 5.95 Å². The summed E-state index contributed by atoms with van der Waals surface area (Å²) in [4.78, 5) is 25.8. The van der Waals surface area contributed by atoms with Crippen molar-refractivity contribution in [2.75, 3.05) is 5.32 Å². The molecule has 1 fully saturated rings. The third kappa shape index (κ3) is 2.79. The molecule has 0 saturated heterocycles. The second kappa shape index (κ2) is 6.26. The predicted octanol–water partition coefficient (Wildman–Crippen LogP) is 2.66. The van der Waals surface area contributed by atoms with E-state index in [1.165, 1.54) is 6.33 Å². The predicted molar refractivity (Wildman–Crippen MR) is 99.1 cm³/mol. The van der Waals surface area contributed by atoms with Crippen molar-refractivity contribution in [3.63, 3.8) is 0 Å². The number of carbonyl (C=O) groups is 1. The minimum absolute atomic E-state index is 0.0174. The molecule has 1 unspecified atom stereocenters. The van der Waals surface area contributed by atoms with Crippen molar-refractivity contribution in [2.24, 2.45) is 0 Å². The van der Waals surface area contributed by atoms with E-state index in [0.717, 1.165) is 49.1 Å². The molecule has 136 valence electrons. The van der Waals surface area contributed by atoms with E-state index < -0.39 is 5.41 Å². The van der Waals surface area contributed by atoms with Gasteiger partial charge >= 0.3 is 0 Å². The summed E-state index contributed by atoms with van der Waals surface area (Å²) < 4.78 is 1.92. The van der Waals surface area contributed by atoms with Crippen LogP contribution in [-0.4, -0.2) is 30.6 Å². The van der Waals surface area contributed by atoms with Crippen LogP contribution in [0.3, 0.4) is 0 Å². The third-order valence-electron chi connectivity index (χ3n) is 5.58. The molecule has 1 aromatic carbocycles. The average Bonchev–Trinajstić information content (AvgIpc) is 3.43. The van der Waals surface area contributed by atoms with Gasteiger partial charge in [0.15, 0.2) is 0 Å². The zero-order valence-corrected chi connectivity index (χ0v) is 14.9. The standard InChI is InChI=1S/C20H20N6O/c27-18(20(9-10-20)15-5-2-1-3-6-15)24-19-23-17-8-4-7-16(26(17)25-19)14-11-21-13-22-12-14/h1-3,5-6,11-13,16H,4,7-10H2,(H,24,25,27). The molecule has 27 heavy (non-hydrogen) atoms. The van der Waals surface area contributed by atoms with Crippen molar-refractivity contribution in [1.29, 1.82) is 0 Å². The minimum Gasteiger partial charge on any atom is -0.292 e. The molecule has 1 amide bonds. The number of nitrogens with zero attached hydrogens (tertiary/aromatic N) is 5. The van der Waals surface area contributed by atoms with Gasteiger partial charge in [-0.25, -0.2) is 14.6 Å². The van der Waals surface area contributed by atoms with Crippen LogP contribution >= 0.6 is 0 Å². The fourth-order valence-corrected chi connectivity index (χ4v) is 3.95. The lowest BCUT2D eigenvalue weighted by Gasteiger charge is -2.22. The van der Waals surface area contributed by atoms with Crippen LogP contribution in [0.5, 0.6) is 0 Å². The van der Waals surface area contributed by atoms with E-state index >= 15 is 0 Å². The Morgan fingerprint density at radius 1 is 1.15 bits per heavy atom. The van der Waals surface area contributed by atoms with Crippen LogP contribution in [0.1, 0.15) is 48.7 Å². The first-order chi connectivity index (χ1) is 13.3. The normalized spacial score (nSPS) is 19.9. The van der Waals surface area contributed by atoms with Crippen molar-refractivity contribution >= 4 is 11.9 Å². The van der Waals surface area contributed by atoms with Crippen LogP contribution < -0.4 is 5.32 Å². The summed E-state index contributed by atoms with van der Waals surface area (Å²) >= 11 is 0. The van der Waals surface area contributed by atoms with Gasteiger partial charge in [-0.1, -0.05) is 30.3 Å². The minimum atomic E-state index is -0.431. The molecule has 7 nitrogen and oxygen atoms in total. The first-order valence-electron chi connectivity index (χ1n) is 9.34. The Morgan fingerprint density at radius 2 is 1.93 bits per heavy atom. The zero-order chi connectivity index (χ0) is 18.3. The lowest BCUT2D eigenvalue weighted by molar-refractivity contribution is -0.118. The van der Waals surface area contributed by atoms with E-state index in [1.807, 2.05) is 47.4 Å². The summed E-state index contributed by atoms with van der Waals surface area (Å²) in [5, 5.41) is 7.56. The number of hydrogen-bond donors (Lipinski definition) is 1. The maximum Gasteiger partial charge on any atom is 0.249 e. The van der Waals surface area contributed by atoms with Crippen molar-refractivity contribution in [1.82, 2.24) is 24.7 Å². The number of benzene rings is 1. The molecule has 0 bridgehead atoms. The summed E-state index contributed by atoms with van der Waals surface area (Å²) in [6, 6.07) is 10.0. The lowest BCUT2D eigenvalue weighted by atomic mass is 9.95. The van der Waals surface area contributed by atoms with Gasteiger partial charge < -0.3 is 0 Å². The number of anilines is 1. The summed E-state index contributed by atoms with van der Waals surface area (Å²) in [7, 11) is 0. The Labute approximate surface area is 156 Å². The number of rotatable bonds is 4. The summed E-state index contributed by atoms with van der Waals surface area (Å²) in [5.41, 5.74) is 1.65. The van der Waals surface area contributed by atoms with Gasteiger partial charge in [0.1, 0.15) is 12.2 Å². The van der Waals surface area contributed by atoms with Gasteiger partial charge in [-0.15, -0.1) is 5.10 Å². The number of carbonyl (C=O) groups excluding carboxylic acids is 1. The highest BCUT2D eigenvalue weighted by atomic mass is 16.2. The molecular weight excluding hydrogens is 340 g/mol. The van der Waals surface area contributed by atoms with Gasteiger partial charge in [0, 0.05) is 24.4 Å². The van der Waals surface area contributed by atoms with Crippen LogP contribution in [0, 0.1) is 0 Å². The van der Waals surface area contributed by atoms with Gasteiger partial charge in [-0.2, -0.15) is 4.98 Å². The topological polar surface area (TPSA) is 85.6 Å². The second-order valence-electron chi connectivity index (χ2n) is 7.28. The van der Waals surface area contributed by atoms with E-state index in [2.05, 4.69) is 25.4 Å². The van der Waals surface area contributed by atoms with Crippen LogP contribution in [-0.2, 0) is 16.6 Å². The van der Waals surface area contributed by atoms with Crippen molar-refractivity contribution < 1.29 is 4.79 Å². The number of aromatic nitrogens is 5. The fourth-order valence-electron chi connectivity index (χ4n) is 3.95. The van der Waals surface area contributed by atoms with Crippen molar-refractivity contribution in [3.8, 4) is 0 Å². The van der Waals surface area contributed by atoms with E-state index in [1.54, 1.807) is 0 Å². The molecule has 3 heterocycles. The molecule has 0 spiro atoms. The molecule has 2 aliphatic rings. The van der Waals surface area contributed by atoms with Crippen LogP contribution in [0.2, 0.25) is 0 Å². The number of hydrogen-bond acceptors (Lipinski definition) is 5. The maximum absolute atomic E-state index is 12.9. The molecule has 1 saturated carbocycles. The fraction of sp³-hybridized carbons (Fsp3) is 0.350. The number of nitrogens with one attached hydrogen (secondary N) is 1. The Balaban J connectivity index is 1.40. The van der Waals surface area contributed by atoms with Gasteiger partial charge in [-0.05, 0) is 31.2 Å². The van der Waals surface area contributed by atoms with Gasteiger partial charge in [0.05, 0.1) is 11.5 Å². The Kier molecular flexibility index (Phi) is 3.74. The van der Waals surface area contributed by atoms with Crippen molar-refractivity contribution in [3.05, 3.63) is 66.0 Å². The highest BCUT2D eigenvalue weighted by Crippen LogP contribution is 2.48. The molecule has 5 rings (SSSR count). The van der Waals surface area contributed by atoms with E-state index in [4.69, 9.17) is 0 Å². The number of fused-ring (bicyclic) bond motifs is 1. The first kappa shape index (κ1) is 16.1. The molecule has 1 aliphatic heterocycles. The summed E-state index contributed by atoms with van der Waals surface area (Å²) in [6.07, 6.45) is 9.74. The lowest BCUT2D eigenvalue weighted by Crippen LogP contribution is -2.28. The number of amides is 1. The molecule has 2 aromatic heterocycles. The average molecular weight is 360 g/mol.